The first-order valence-electron chi connectivity index (χ1n) is 8.45. The third-order valence-electron chi connectivity index (χ3n) is 3.75. The molecule has 23 heavy (non-hydrogen) atoms. The number of ether oxygens (including phenoxy) is 1. The number of rotatable bonds is 5. The molecule has 0 aliphatic rings. The summed E-state index contributed by atoms with van der Waals surface area (Å²) in [5, 5.41) is 0. The highest BCUT2D eigenvalue weighted by molar-refractivity contribution is 5.91. The summed E-state index contributed by atoms with van der Waals surface area (Å²) in [4.78, 5) is 11.8. The van der Waals surface area contributed by atoms with Crippen LogP contribution in [0.25, 0.3) is 0 Å². The lowest BCUT2D eigenvalue weighted by Crippen LogP contribution is -2.15. The molecule has 0 saturated carbocycles. The SMILES string of the molecule is CCc1ccccc1.CCc1ccccc1C(=O)OC(C)CC. The third kappa shape index (κ3) is 6.68. The molecule has 2 rings (SSSR count). The lowest BCUT2D eigenvalue weighted by molar-refractivity contribution is 0.0333. The Balaban J connectivity index is 0.000000277. The second-order valence-corrected chi connectivity index (χ2v) is 5.47. The first-order valence-corrected chi connectivity index (χ1v) is 8.45. The number of hydrogen-bond donors (Lipinski definition) is 0. The van der Waals surface area contributed by atoms with Gasteiger partial charge >= 0.3 is 5.97 Å². The molecule has 0 radical (unpaired) electrons. The Morgan fingerprint density at radius 3 is 2.04 bits per heavy atom. The van der Waals surface area contributed by atoms with Gasteiger partial charge in [-0.2, -0.15) is 0 Å². The molecule has 2 aromatic carbocycles. The van der Waals surface area contributed by atoms with Gasteiger partial charge in [0.25, 0.3) is 0 Å². The predicted octanol–water partition coefficient (Wildman–Crippen LogP) is 5.45. The van der Waals surface area contributed by atoms with Crippen molar-refractivity contribution in [2.45, 2.75) is 53.1 Å². The van der Waals surface area contributed by atoms with Crippen LogP contribution in [0.15, 0.2) is 54.6 Å². The first-order chi connectivity index (χ1) is 11.1. The molecule has 0 amide bonds. The van der Waals surface area contributed by atoms with Crippen LogP contribution in [-0.4, -0.2) is 12.1 Å². The molecule has 0 aliphatic heterocycles. The molecule has 0 fully saturated rings. The summed E-state index contributed by atoms with van der Waals surface area (Å²) in [7, 11) is 0. The zero-order chi connectivity index (χ0) is 17.1. The maximum Gasteiger partial charge on any atom is 0.338 e. The monoisotopic (exact) mass is 312 g/mol. The number of hydrogen-bond acceptors (Lipinski definition) is 2. The molecule has 0 spiro atoms. The largest absolute Gasteiger partial charge is 0.459 e. The van der Waals surface area contributed by atoms with E-state index in [1.54, 1.807) is 0 Å². The van der Waals surface area contributed by atoms with Crippen molar-refractivity contribution in [3.8, 4) is 0 Å². The fourth-order valence-electron chi connectivity index (χ4n) is 2.07. The van der Waals surface area contributed by atoms with Crippen LogP contribution < -0.4 is 0 Å². The Labute approximate surface area is 140 Å². The maximum atomic E-state index is 11.8. The molecule has 0 N–H and O–H groups in total. The van der Waals surface area contributed by atoms with Gasteiger partial charge in [-0.15, -0.1) is 0 Å². The van der Waals surface area contributed by atoms with Crippen molar-refractivity contribution in [1.82, 2.24) is 0 Å². The second kappa shape index (κ2) is 10.6. The summed E-state index contributed by atoms with van der Waals surface area (Å²) in [6.07, 6.45) is 2.83. The predicted molar refractivity (Wildman–Crippen MR) is 96.8 cm³/mol. The number of carbonyl (C=O) groups excluding carboxylic acids is 1. The Kier molecular flexibility index (Phi) is 8.74. The van der Waals surface area contributed by atoms with E-state index in [-0.39, 0.29) is 12.1 Å². The highest BCUT2D eigenvalue weighted by Gasteiger charge is 2.13. The summed E-state index contributed by atoms with van der Waals surface area (Å²) in [5.74, 6) is -0.207. The molecule has 1 unspecified atom stereocenters. The molecule has 0 bridgehead atoms. The molecule has 1 atom stereocenters. The van der Waals surface area contributed by atoms with Gasteiger partial charge in [0.2, 0.25) is 0 Å². The van der Waals surface area contributed by atoms with E-state index in [0.717, 1.165) is 24.8 Å². The number of esters is 1. The van der Waals surface area contributed by atoms with Crippen molar-refractivity contribution in [2.24, 2.45) is 0 Å². The van der Waals surface area contributed by atoms with Crippen molar-refractivity contribution < 1.29 is 9.53 Å². The van der Waals surface area contributed by atoms with Gasteiger partial charge in [-0.25, -0.2) is 4.79 Å². The van der Waals surface area contributed by atoms with Gasteiger partial charge in [0.15, 0.2) is 0 Å². The van der Waals surface area contributed by atoms with Gasteiger partial charge in [0.05, 0.1) is 11.7 Å². The number of aryl methyl sites for hydroxylation is 2. The van der Waals surface area contributed by atoms with Gasteiger partial charge in [-0.05, 0) is 43.4 Å². The second-order valence-electron chi connectivity index (χ2n) is 5.47. The topological polar surface area (TPSA) is 26.3 Å². The fraction of sp³-hybridized carbons (Fsp3) is 0.381. The summed E-state index contributed by atoms with van der Waals surface area (Å²) in [5.41, 5.74) is 3.15. The van der Waals surface area contributed by atoms with Crippen LogP contribution in [0.3, 0.4) is 0 Å². The average molecular weight is 312 g/mol. The molecule has 2 heteroatoms. The van der Waals surface area contributed by atoms with Gasteiger partial charge in [-0.3, -0.25) is 0 Å². The summed E-state index contributed by atoms with van der Waals surface area (Å²) in [6.45, 7) is 8.11. The fourth-order valence-corrected chi connectivity index (χ4v) is 2.07. The summed E-state index contributed by atoms with van der Waals surface area (Å²) in [6, 6.07) is 18.1. The smallest absolute Gasteiger partial charge is 0.338 e. The van der Waals surface area contributed by atoms with Gasteiger partial charge in [-0.1, -0.05) is 69.3 Å². The van der Waals surface area contributed by atoms with Crippen LogP contribution in [0, 0.1) is 0 Å². The van der Waals surface area contributed by atoms with Crippen LogP contribution in [0.4, 0.5) is 0 Å². The Morgan fingerprint density at radius 1 is 0.913 bits per heavy atom. The van der Waals surface area contributed by atoms with E-state index < -0.39 is 0 Å². The minimum Gasteiger partial charge on any atom is -0.459 e. The van der Waals surface area contributed by atoms with Crippen molar-refractivity contribution >= 4 is 5.97 Å². The van der Waals surface area contributed by atoms with E-state index >= 15 is 0 Å². The Morgan fingerprint density at radius 2 is 1.52 bits per heavy atom. The Hall–Kier alpha value is -2.09. The minimum absolute atomic E-state index is 0.0117. The van der Waals surface area contributed by atoms with Gasteiger partial charge in [0.1, 0.15) is 0 Å². The van der Waals surface area contributed by atoms with E-state index in [9.17, 15) is 4.79 Å². The molecule has 2 nitrogen and oxygen atoms in total. The first kappa shape index (κ1) is 19.0. The third-order valence-corrected chi connectivity index (χ3v) is 3.75. The number of carbonyl (C=O) groups is 1. The highest BCUT2D eigenvalue weighted by Crippen LogP contribution is 2.12. The van der Waals surface area contributed by atoms with E-state index in [1.165, 1.54) is 5.56 Å². The summed E-state index contributed by atoms with van der Waals surface area (Å²) < 4.78 is 5.29. The quantitative estimate of drug-likeness (QED) is 0.686. The van der Waals surface area contributed by atoms with E-state index in [1.807, 2.05) is 51.1 Å². The molecule has 0 aliphatic carbocycles. The van der Waals surface area contributed by atoms with Crippen molar-refractivity contribution in [1.29, 1.82) is 0 Å². The molecule has 0 aromatic heterocycles. The average Bonchev–Trinajstić information content (AvgIpc) is 2.62. The van der Waals surface area contributed by atoms with Crippen LogP contribution in [-0.2, 0) is 17.6 Å². The zero-order valence-electron chi connectivity index (χ0n) is 14.7. The lowest BCUT2D eigenvalue weighted by atomic mass is 10.1. The molecule has 2 aromatic rings. The Bertz CT molecular complexity index is 575. The molecule has 0 heterocycles. The van der Waals surface area contributed by atoms with Gasteiger partial charge < -0.3 is 4.74 Å². The van der Waals surface area contributed by atoms with Crippen LogP contribution in [0.1, 0.15) is 55.6 Å². The highest BCUT2D eigenvalue weighted by atomic mass is 16.5. The van der Waals surface area contributed by atoms with E-state index in [2.05, 4.69) is 31.2 Å². The van der Waals surface area contributed by atoms with Crippen molar-refractivity contribution in [2.75, 3.05) is 0 Å². The minimum atomic E-state index is -0.207. The van der Waals surface area contributed by atoms with Crippen LogP contribution in [0.5, 0.6) is 0 Å². The van der Waals surface area contributed by atoms with E-state index in [4.69, 9.17) is 4.74 Å². The standard InChI is InChI=1S/C13H18O2.C8H10/c1-4-10(3)15-13(14)12-9-7-6-8-11(12)5-2;1-2-8-6-4-3-5-7-8/h6-10H,4-5H2,1-3H3;3-7H,2H2,1H3. The summed E-state index contributed by atoms with van der Waals surface area (Å²) >= 11 is 0. The van der Waals surface area contributed by atoms with E-state index in [0.29, 0.717) is 5.56 Å². The molecule has 0 saturated heterocycles. The lowest BCUT2D eigenvalue weighted by Gasteiger charge is -2.12. The van der Waals surface area contributed by atoms with Gasteiger partial charge in [0, 0.05) is 0 Å². The maximum absolute atomic E-state index is 11.8. The molecule has 124 valence electrons. The number of benzene rings is 2. The zero-order valence-corrected chi connectivity index (χ0v) is 14.7. The van der Waals surface area contributed by atoms with Crippen molar-refractivity contribution in [3.05, 3.63) is 71.3 Å². The van der Waals surface area contributed by atoms with Crippen LogP contribution >= 0.6 is 0 Å². The molecular formula is C21H28O2. The molecular weight excluding hydrogens is 284 g/mol. The normalized spacial score (nSPS) is 11.1. The van der Waals surface area contributed by atoms with Crippen LogP contribution in [0.2, 0.25) is 0 Å². The van der Waals surface area contributed by atoms with Crippen molar-refractivity contribution in [3.63, 3.8) is 0 Å².